The quantitative estimate of drug-likeness (QED) is 0.664. The van der Waals surface area contributed by atoms with Gasteiger partial charge in [-0.05, 0) is 36.1 Å². The molecule has 0 saturated carbocycles. The summed E-state index contributed by atoms with van der Waals surface area (Å²) in [5.74, 6) is 0.0271. The molecule has 0 amide bonds. The van der Waals surface area contributed by atoms with Gasteiger partial charge in [0, 0.05) is 16.0 Å². The molecule has 0 aliphatic heterocycles. The largest absolute Gasteiger partial charge is 0.303 e. The van der Waals surface area contributed by atoms with Crippen LogP contribution in [0, 0.1) is 5.92 Å². The number of benzene rings is 1. The van der Waals surface area contributed by atoms with Gasteiger partial charge in [0.05, 0.1) is 0 Å². The van der Waals surface area contributed by atoms with Crippen LogP contribution in [0.15, 0.2) is 24.8 Å². The number of hydrogen-bond donors (Lipinski definition) is 0. The molecule has 0 aliphatic carbocycles. The van der Waals surface area contributed by atoms with Crippen molar-refractivity contribution in [3.63, 3.8) is 0 Å². The Morgan fingerprint density at radius 3 is 2.71 bits per heavy atom. The number of aldehydes is 1. The first-order valence-electron chi connectivity index (χ1n) is 5.67. The Morgan fingerprint density at radius 2 is 2.18 bits per heavy atom. The molecule has 1 rings (SSSR count). The number of allylic oxidation sites excluding steroid dienone is 1. The fourth-order valence-corrected chi connectivity index (χ4v) is 2.33. The molecule has 1 atom stereocenters. The van der Waals surface area contributed by atoms with Gasteiger partial charge >= 0.3 is 0 Å². The maximum Gasteiger partial charge on any atom is 0.123 e. The van der Waals surface area contributed by atoms with Gasteiger partial charge in [0.1, 0.15) is 6.29 Å². The van der Waals surface area contributed by atoms with E-state index in [2.05, 4.69) is 13.5 Å². The predicted octanol–water partition coefficient (Wildman–Crippen LogP) is 5.01. The lowest BCUT2D eigenvalue weighted by molar-refractivity contribution is -0.111. The third-order valence-corrected chi connectivity index (χ3v) is 3.22. The van der Waals surface area contributed by atoms with Crippen molar-refractivity contribution in [1.82, 2.24) is 0 Å². The summed E-state index contributed by atoms with van der Waals surface area (Å²) in [6.07, 6.45) is 3.52. The zero-order chi connectivity index (χ0) is 12.8. The molecule has 1 aromatic carbocycles. The van der Waals surface area contributed by atoms with Crippen LogP contribution in [0.3, 0.4) is 0 Å². The Balaban J connectivity index is 2.78. The molecule has 0 N–H and O–H groups in total. The van der Waals surface area contributed by atoms with E-state index in [0.717, 1.165) is 30.3 Å². The Morgan fingerprint density at radius 1 is 1.47 bits per heavy atom. The molecular formula is C14H16Cl2O. The number of carbonyl (C=O) groups is 1. The van der Waals surface area contributed by atoms with E-state index in [1.807, 2.05) is 6.07 Å². The van der Waals surface area contributed by atoms with Crippen LogP contribution in [-0.4, -0.2) is 6.29 Å². The van der Waals surface area contributed by atoms with Gasteiger partial charge in [-0.25, -0.2) is 0 Å². The molecule has 0 bridgehead atoms. The van der Waals surface area contributed by atoms with Gasteiger partial charge in [0.2, 0.25) is 0 Å². The first-order valence-corrected chi connectivity index (χ1v) is 6.42. The van der Waals surface area contributed by atoms with Gasteiger partial charge in [-0.1, -0.05) is 49.2 Å². The van der Waals surface area contributed by atoms with Crippen molar-refractivity contribution in [3.8, 4) is 0 Å². The van der Waals surface area contributed by atoms with Gasteiger partial charge in [0.15, 0.2) is 0 Å². The zero-order valence-corrected chi connectivity index (χ0v) is 11.4. The van der Waals surface area contributed by atoms with Gasteiger partial charge in [-0.3, -0.25) is 0 Å². The first-order chi connectivity index (χ1) is 8.08. The molecule has 0 heterocycles. The summed E-state index contributed by atoms with van der Waals surface area (Å²) in [5.41, 5.74) is 1.76. The summed E-state index contributed by atoms with van der Waals surface area (Å²) in [6, 6.07) is 5.32. The van der Waals surface area contributed by atoms with Gasteiger partial charge < -0.3 is 4.79 Å². The normalized spacial score (nSPS) is 12.2. The van der Waals surface area contributed by atoms with E-state index in [4.69, 9.17) is 23.2 Å². The van der Waals surface area contributed by atoms with Crippen molar-refractivity contribution in [2.45, 2.75) is 26.2 Å². The second-order valence-corrected chi connectivity index (χ2v) is 4.96. The van der Waals surface area contributed by atoms with E-state index in [1.165, 1.54) is 0 Å². The van der Waals surface area contributed by atoms with Crippen LogP contribution in [0.1, 0.15) is 31.7 Å². The highest BCUT2D eigenvalue weighted by Crippen LogP contribution is 2.30. The molecule has 3 heteroatoms. The fourth-order valence-electron chi connectivity index (χ4n) is 1.79. The second-order valence-electron chi connectivity index (χ2n) is 4.12. The number of carbonyl (C=O) groups excluding carboxylic acids is 1. The van der Waals surface area contributed by atoms with E-state index >= 15 is 0 Å². The minimum absolute atomic E-state index is 0.0271. The van der Waals surface area contributed by atoms with Crippen molar-refractivity contribution in [2.24, 2.45) is 5.92 Å². The topological polar surface area (TPSA) is 17.1 Å². The van der Waals surface area contributed by atoms with Crippen LogP contribution in [0.25, 0.3) is 5.57 Å². The maximum atomic E-state index is 10.9. The molecule has 17 heavy (non-hydrogen) atoms. The highest BCUT2D eigenvalue weighted by Gasteiger charge is 2.11. The third-order valence-electron chi connectivity index (χ3n) is 2.67. The summed E-state index contributed by atoms with van der Waals surface area (Å²) < 4.78 is 0. The minimum atomic E-state index is 0.0271. The molecular weight excluding hydrogens is 255 g/mol. The summed E-state index contributed by atoms with van der Waals surface area (Å²) in [4.78, 5) is 10.9. The van der Waals surface area contributed by atoms with Crippen LogP contribution in [0.5, 0.6) is 0 Å². The Bertz CT molecular complexity index is 413. The van der Waals surface area contributed by atoms with Gasteiger partial charge in [-0.2, -0.15) is 0 Å². The molecule has 0 aliphatic rings. The van der Waals surface area contributed by atoms with Crippen LogP contribution in [-0.2, 0) is 4.79 Å². The van der Waals surface area contributed by atoms with E-state index < -0.39 is 0 Å². The van der Waals surface area contributed by atoms with E-state index in [-0.39, 0.29) is 5.92 Å². The maximum absolute atomic E-state index is 10.9. The second kappa shape index (κ2) is 6.83. The molecule has 1 nitrogen and oxygen atoms in total. The number of hydrogen-bond acceptors (Lipinski definition) is 1. The number of halogens is 2. The monoisotopic (exact) mass is 270 g/mol. The molecule has 92 valence electrons. The van der Waals surface area contributed by atoms with Crippen LogP contribution in [0.2, 0.25) is 10.0 Å². The molecule has 0 spiro atoms. The number of rotatable bonds is 6. The molecule has 0 radical (unpaired) electrons. The Kier molecular flexibility index (Phi) is 5.73. The predicted molar refractivity (Wildman–Crippen MR) is 74.6 cm³/mol. The van der Waals surface area contributed by atoms with E-state index in [9.17, 15) is 4.79 Å². The Labute approximate surface area is 112 Å². The van der Waals surface area contributed by atoms with Gasteiger partial charge in [-0.15, -0.1) is 0 Å². The van der Waals surface area contributed by atoms with E-state index in [0.29, 0.717) is 16.5 Å². The van der Waals surface area contributed by atoms with Crippen molar-refractivity contribution >= 4 is 35.1 Å². The highest BCUT2D eigenvalue weighted by atomic mass is 35.5. The fraction of sp³-hybridized carbons (Fsp3) is 0.357. The van der Waals surface area contributed by atoms with E-state index in [1.54, 1.807) is 12.1 Å². The highest BCUT2D eigenvalue weighted by molar-refractivity contribution is 6.35. The molecule has 0 aromatic heterocycles. The van der Waals surface area contributed by atoms with Gasteiger partial charge in [0.25, 0.3) is 0 Å². The summed E-state index contributed by atoms with van der Waals surface area (Å²) in [7, 11) is 0. The lowest BCUT2D eigenvalue weighted by atomic mass is 9.93. The van der Waals surface area contributed by atoms with Crippen molar-refractivity contribution < 1.29 is 4.79 Å². The van der Waals surface area contributed by atoms with Crippen molar-refractivity contribution in [3.05, 3.63) is 40.4 Å². The summed E-state index contributed by atoms with van der Waals surface area (Å²) in [5, 5.41) is 1.19. The van der Waals surface area contributed by atoms with Crippen LogP contribution < -0.4 is 0 Å². The zero-order valence-electron chi connectivity index (χ0n) is 9.88. The van der Waals surface area contributed by atoms with Crippen molar-refractivity contribution in [2.75, 3.05) is 0 Å². The Hall–Kier alpha value is -0.790. The van der Waals surface area contributed by atoms with Crippen LogP contribution in [0.4, 0.5) is 0 Å². The standard InChI is InChI=1S/C14H16Cl2O/c1-3-4-11(9-17)7-10(2)13-6-5-12(15)8-14(13)16/h5-6,8-9,11H,2-4,7H2,1H3. The van der Waals surface area contributed by atoms with Crippen molar-refractivity contribution in [1.29, 1.82) is 0 Å². The average molecular weight is 271 g/mol. The molecule has 0 fully saturated rings. The average Bonchev–Trinajstić information content (AvgIpc) is 2.28. The lowest BCUT2D eigenvalue weighted by Gasteiger charge is -2.12. The smallest absolute Gasteiger partial charge is 0.123 e. The minimum Gasteiger partial charge on any atom is -0.303 e. The molecule has 1 unspecified atom stereocenters. The summed E-state index contributed by atoms with van der Waals surface area (Å²) in [6.45, 7) is 6.06. The lowest BCUT2D eigenvalue weighted by Crippen LogP contribution is -2.02. The SMILES string of the molecule is C=C(CC(C=O)CCC)c1ccc(Cl)cc1Cl. The molecule has 1 aromatic rings. The molecule has 0 saturated heterocycles. The van der Waals surface area contributed by atoms with Crippen LogP contribution >= 0.6 is 23.2 Å². The first kappa shape index (κ1) is 14.3. The summed E-state index contributed by atoms with van der Waals surface area (Å²) >= 11 is 11.9. The third kappa shape index (κ3) is 4.18.